The van der Waals surface area contributed by atoms with E-state index in [4.69, 9.17) is 16.0 Å². The van der Waals surface area contributed by atoms with E-state index >= 15 is 0 Å². The average Bonchev–Trinajstić information content (AvgIpc) is 2.92. The number of benzene rings is 1. The van der Waals surface area contributed by atoms with Crippen LogP contribution in [0.4, 0.5) is 0 Å². The lowest BCUT2D eigenvalue weighted by molar-refractivity contribution is 0.284. The minimum Gasteiger partial charge on any atom is -0.441 e. The predicted octanol–water partition coefficient (Wildman–Crippen LogP) is 3.55. The normalized spacial score (nSPS) is 30.1. The number of nitrogens with zero attached hydrogens (tertiary/aromatic N) is 1. The molecule has 2 atom stereocenters. The minimum atomic E-state index is 0.704. The topological polar surface area (TPSA) is 38.1 Å². The Morgan fingerprint density at radius 2 is 2.05 bits per heavy atom. The molecule has 100 valence electrons. The van der Waals surface area contributed by atoms with Crippen molar-refractivity contribution >= 4 is 22.7 Å². The number of nitrogens with one attached hydrogen (secondary N) is 1. The zero-order valence-corrected chi connectivity index (χ0v) is 11.5. The monoisotopic (exact) mass is 276 g/mol. The van der Waals surface area contributed by atoms with Crippen LogP contribution in [0, 0.1) is 5.92 Å². The standard InChI is InChI=1S/C15H17ClN2O/c16-10-1-4-13-14(8-10)19-15(18-13)7-9-5-11-2-3-12(6-9)17-11/h1,4,8-9,11-12,17H,2-3,5-7H2. The van der Waals surface area contributed by atoms with Crippen LogP contribution in [-0.4, -0.2) is 17.1 Å². The Morgan fingerprint density at radius 1 is 1.26 bits per heavy atom. The highest BCUT2D eigenvalue weighted by Crippen LogP contribution is 2.33. The van der Waals surface area contributed by atoms with E-state index in [9.17, 15) is 0 Å². The average molecular weight is 277 g/mol. The molecule has 4 rings (SSSR count). The van der Waals surface area contributed by atoms with E-state index in [1.54, 1.807) is 0 Å². The fraction of sp³-hybridized carbons (Fsp3) is 0.533. The van der Waals surface area contributed by atoms with Gasteiger partial charge < -0.3 is 9.73 Å². The van der Waals surface area contributed by atoms with Crippen molar-refractivity contribution in [2.24, 2.45) is 5.92 Å². The SMILES string of the molecule is Clc1ccc2nc(CC3CC4CCC(C3)N4)oc2c1. The molecule has 0 amide bonds. The number of halogens is 1. The molecule has 3 heterocycles. The number of piperidine rings is 1. The Labute approximate surface area is 117 Å². The summed E-state index contributed by atoms with van der Waals surface area (Å²) in [5, 5.41) is 4.38. The van der Waals surface area contributed by atoms with E-state index in [-0.39, 0.29) is 0 Å². The first-order chi connectivity index (χ1) is 9.26. The lowest BCUT2D eigenvalue weighted by Crippen LogP contribution is -2.38. The summed E-state index contributed by atoms with van der Waals surface area (Å²) in [6.07, 6.45) is 6.15. The molecule has 2 bridgehead atoms. The number of hydrogen-bond acceptors (Lipinski definition) is 3. The highest BCUT2D eigenvalue weighted by atomic mass is 35.5. The Morgan fingerprint density at radius 3 is 2.84 bits per heavy atom. The van der Waals surface area contributed by atoms with Crippen molar-refractivity contribution in [2.75, 3.05) is 0 Å². The second-order valence-electron chi connectivity index (χ2n) is 5.90. The van der Waals surface area contributed by atoms with Crippen molar-refractivity contribution in [3.05, 3.63) is 29.1 Å². The largest absolute Gasteiger partial charge is 0.441 e. The molecule has 0 aliphatic carbocycles. The quantitative estimate of drug-likeness (QED) is 0.911. The van der Waals surface area contributed by atoms with Gasteiger partial charge in [0.2, 0.25) is 0 Å². The molecule has 2 aliphatic rings. The Bertz CT molecular complexity index is 597. The van der Waals surface area contributed by atoms with Crippen LogP contribution >= 0.6 is 11.6 Å². The van der Waals surface area contributed by atoms with E-state index < -0.39 is 0 Å². The Balaban J connectivity index is 1.54. The van der Waals surface area contributed by atoms with Crippen molar-refractivity contribution in [1.29, 1.82) is 0 Å². The third-order valence-corrected chi connectivity index (χ3v) is 4.66. The number of aromatic nitrogens is 1. The number of hydrogen-bond donors (Lipinski definition) is 1. The second kappa shape index (κ2) is 4.50. The van der Waals surface area contributed by atoms with Gasteiger partial charge in [-0.2, -0.15) is 0 Å². The van der Waals surface area contributed by atoms with Crippen molar-refractivity contribution in [3.8, 4) is 0 Å². The van der Waals surface area contributed by atoms with Crippen molar-refractivity contribution in [3.63, 3.8) is 0 Å². The van der Waals surface area contributed by atoms with Gasteiger partial charge in [-0.15, -0.1) is 0 Å². The van der Waals surface area contributed by atoms with Gasteiger partial charge >= 0.3 is 0 Å². The summed E-state index contributed by atoms with van der Waals surface area (Å²) in [7, 11) is 0. The second-order valence-corrected chi connectivity index (χ2v) is 6.34. The molecule has 1 N–H and O–H groups in total. The molecule has 1 aromatic heterocycles. The highest BCUT2D eigenvalue weighted by molar-refractivity contribution is 6.31. The van der Waals surface area contributed by atoms with Crippen LogP contribution in [-0.2, 0) is 6.42 Å². The molecule has 4 heteroatoms. The maximum Gasteiger partial charge on any atom is 0.195 e. The first-order valence-electron chi connectivity index (χ1n) is 7.07. The molecule has 0 radical (unpaired) electrons. The van der Waals surface area contributed by atoms with E-state index in [2.05, 4.69) is 10.3 Å². The van der Waals surface area contributed by atoms with Gasteiger partial charge in [-0.1, -0.05) is 11.6 Å². The van der Waals surface area contributed by atoms with E-state index in [0.29, 0.717) is 10.9 Å². The van der Waals surface area contributed by atoms with Gasteiger partial charge in [0.25, 0.3) is 0 Å². The van der Waals surface area contributed by atoms with Gasteiger partial charge in [0.15, 0.2) is 11.5 Å². The molecular formula is C15H17ClN2O. The van der Waals surface area contributed by atoms with Gasteiger partial charge in [-0.25, -0.2) is 4.98 Å². The lowest BCUT2D eigenvalue weighted by Gasteiger charge is -2.28. The molecule has 19 heavy (non-hydrogen) atoms. The molecule has 2 aliphatic heterocycles. The summed E-state index contributed by atoms with van der Waals surface area (Å²) < 4.78 is 5.83. The number of oxazole rings is 1. The van der Waals surface area contributed by atoms with Gasteiger partial charge in [0.05, 0.1) is 0 Å². The van der Waals surface area contributed by atoms with Crippen LogP contribution in [0.3, 0.4) is 0 Å². The van der Waals surface area contributed by atoms with Crippen molar-refractivity contribution in [1.82, 2.24) is 10.3 Å². The molecule has 1 aromatic carbocycles. The van der Waals surface area contributed by atoms with Crippen LogP contribution in [0.15, 0.2) is 22.6 Å². The minimum absolute atomic E-state index is 0.704. The zero-order chi connectivity index (χ0) is 12.8. The van der Waals surface area contributed by atoms with Crippen LogP contribution in [0.1, 0.15) is 31.6 Å². The van der Waals surface area contributed by atoms with Crippen LogP contribution < -0.4 is 5.32 Å². The third kappa shape index (κ3) is 2.26. The zero-order valence-electron chi connectivity index (χ0n) is 10.7. The Kier molecular flexibility index (Phi) is 2.78. The van der Waals surface area contributed by atoms with Gasteiger partial charge in [0, 0.05) is 29.6 Å². The molecule has 2 saturated heterocycles. The third-order valence-electron chi connectivity index (χ3n) is 4.43. The van der Waals surface area contributed by atoms with Gasteiger partial charge in [-0.3, -0.25) is 0 Å². The summed E-state index contributed by atoms with van der Waals surface area (Å²) in [6, 6.07) is 7.09. The highest BCUT2D eigenvalue weighted by Gasteiger charge is 2.33. The molecule has 2 unspecified atom stereocenters. The fourth-order valence-corrected chi connectivity index (χ4v) is 3.78. The summed E-state index contributed by atoms with van der Waals surface area (Å²) in [6.45, 7) is 0. The van der Waals surface area contributed by atoms with Gasteiger partial charge in [0.1, 0.15) is 5.52 Å². The molecule has 3 nitrogen and oxygen atoms in total. The van der Waals surface area contributed by atoms with E-state index in [1.165, 1.54) is 25.7 Å². The number of rotatable bonds is 2. The predicted molar refractivity (Wildman–Crippen MR) is 75.4 cm³/mol. The molecule has 2 aromatic rings. The van der Waals surface area contributed by atoms with Crippen LogP contribution in [0.25, 0.3) is 11.1 Å². The van der Waals surface area contributed by atoms with E-state index in [1.807, 2.05) is 18.2 Å². The summed E-state index contributed by atoms with van der Waals surface area (Å²) in [4.78, 5) is 4.57. The summed E-state index contributed by atoms with van der Waals surface area (Å²) in [5.41, 5.74) is 1.72. The Hall–Kier alpha value is -1.06. The first-order valence-corrected chi connectivity index (χ1v) is 7.45. The van der Waals surface area contributed by atoms with Gasteiger partial charge in [-0.05, 0) is 43.7 Å². The smallest absolute Gasteiger partial charge is 0.195 e. The van der Waals surface area contributed by atoms with Crippen molar-refractivity contribution in [2.45, 2.75) is 44.2 Å². The first kappa shape index (κ1) is 11.7. The maximum absolute atomic E-state index is 5.97. The summed E-state index contributed by atoms with van der Waals surface area (Å²) >= 11 is 5.97. The van der Waals surface area contributed by atoms with Crippen molar-refractivity contribution < 1.29 is 4.42 Å². The van der Waals surface area contributed by atoms with Crippen LogP contribution in [0.2, 0.25) is 5.02 Å². The fourth-order valence-electron chi connectivity index (χ4n) is 3.62. The molecular weight excluding hydrogens is 260 g/mol. The molecule has 0 spiro atoms. The maximum atomic E-state index is 5.97. The van der Waals surface area contributed by atoms with Crippen LogP contribution in [0.5, 0.6) is 0 Å². The number of fused-ring (bicyclic) bond motifs is 3. The summed E-state index contributed by atoms with van der Waals surface area (Å²) in [5.74, 6) is 1.57. The van der Waals surface area contributed by atoms with E-state index in [0.717, 1.165) is 35.5 Å². The molecule has 0 saturated carbocycles. The molecule has 2 fully saturated rings. The lowest BCUT2D eigenvalue weighted by atomic mass is 9.90.